The Morgan fingerprint density at radius 2 is 0.483 bits per heavy atom. The predicted molar refractivity (Wildman–Crippen MR) is 349 cm³/mol. The van der Waals surface area contributed by atoms with E-state index in [2.05, 4.69) is 55.4 Å². The molecule has 0 rings (SSSR count). The van der Waals surface area contributed by atoms with Gasteiger partial charge >= 0.3 is 39.5 Å². The maximum absolute atomic E-state index is 13.0. The fourth-order valence-corrected chi connectivity index (χ4v) is 11.7. The minimum absolute atomic E-state index is 0.103. The number of aliphatic hydroxyl groups is 1. The van der Waals surface area contributed by atoms with E-state index >= 15 is 0 Å². The van der Waals surface area contributed by atoms with Gasteiger partial charge in [-0.1, -0.05) is 280 Å². The highest BCUT2D eigenvalue weighted by Crippen LogP contribution is 2.45. The van der Waals surface area contributed by atoms with Crippen molar-refractivity contribution in [2.45, 2.75) is 350 Å². The first-order valence-corrected chi connectivity index (χ1v) is 38.2. The smallest absolute Gasteiger partial charge is 0.462 e. The molecule has 0 amide bonds. The van der Waals surface area contributed by atoms with Crippen LogP contribution in [0.2, 0.25) is 0 Å². The van der Waals surface area contributed by atoms with Crippen LogP contribution in [0.5, 0.6) is 0 Å². The number of hydrogen-bond acceptors (Lipinski definition) is 15. The summed E-state index contributed by atoms with van der Waals surface area (Å²) in [6.07, 6.45) is 39.2. The van der Waals surface area contributed by atoms with Crippen molar-refractivity contribution in [1.82, 2.24) is 0 Å². The lowest BCUT2D eigenvalue weighted by Crippen LogP contribution is -2.30. The molecule has 0 saturated carbocycles. The zero-order valence-corrected chi connectivity index (χ0v) is 58.4. The van der Waals surface area contributed by atoms with Gasteiger partial charge in [-0.25, -0.2) is 9.13 Å². The summed E-state index contributed by atoms with van der Waals surface area (Å²) in [5.74, 6) is 0.774. The number of phosphoric acid groups is 2. The van der Waals surface area contributed by atoms with Crippen molar-refractivity contribution >= 4 is 39.5 Å². The SMILES string of the molecule is CC(C)CCCCCCCCCCCCCCCC(=O)OC[C@H](COP(=O)(O)OCC(O)COP(=O)(O)OC[C@@H](COC(=O)CCCCCCCCCC(C)C)OC(=O)CCCCCCCCCCC(C)C)OC(=O)CCCCCCCCCC(C)C. The van der Waals surface area contributed by atoms with E-state index in [9.17, 15) is 43.2 Å². The molecular weight excluding hydrogens is 1150 g/mol. The number of phosphoric ester groups is 2. The van der Waals surface area contributed by atoms with Crippen LogP contribution in [-0.4, -0.2) is 96.7 Å². The van der Waals surface area contributed by atoms with Crippen LogP contribution in [0, 0.1) is 23.7 Å². The minimum atomic E-state index is -4.95. The molecule has 3 N–H and O–H groups in total. The molecule has 0 spiro atoms. The van der Waals surface area contributed by atoms with Crippen molar-refractivity contribution in [1.29, 1.82) is 0 Å². The second kappa shape index (κ2) is 57.9. The lowest BCUT2D eigenvalue weighted by molar-refractivity contribution is -0.161. The molecule has 5 atom stereocenters. The monoisotopic (exact) mass is 1280 g/mol. The molecule has 0 bridgehead atoms. The predicted octanol–water partition coefficient (Wildman–Crippen LogP) is 18.9. The average Bonchev–Trinajstić information content (AvgIpc) is 3.66. The lowest BCUT2D eigenvalue weighted by Gasteiger charge is -2.21. The molecule has 0 heterocycles. The highest BCUT2D eigenvalue weighted by Gasteiger charge is 2.30. The maximum Gasteiger partial charge on any atom is 0.472 e. The number of carbonyl (C=O) groups excluding carboxylic acids is 4. The number of ether oxygens (including phenoxy) is 4. The van der Waals surface area contributed by atoms with E-state index in [1.807, 2.05) is 0 Å². The van der Waals surface area contributed by atoms with Crippen LogP contribution < -0.4 is 0 Å². The molecule has 0 aromatic heterocycles. The van der Waals surface area contributed by atoms with Gasteiger partial charge in [-0.2, -0.15) is 0 Å². The number of unbranched alkanes of at least 4 members (excludes halogenated alkanes) is 31. The molecule has 0 radical (unpaired) electrons. The van der Waals surface area contributed by atoms with Gasteiger partial charge in [0.2, 0.25) is 0 Å². The maximum atomic E-state index is 13.0. The molecule has 0 aliphatic carbocycles. The van der Waals surface area contributed by atoms with Gasteiger partial charge in [0.05, 0.1) is 26.4 Å². The van der Waals surface area contributed by atoms with Crippen molar-refractivity contribution in [2.75, 3.05) is 39.6 Å². The molecule has 516 valence electrons. The van der Waals surface area contributed by atoms with E-state index in [0.717, 1.165) is 108 Å². The fraction of sp³-hybridized carbons (Fsp3) is 0.941. The van der Waals surface area contributed by atoms with Gasteiger partial charge in [-0.3, -0.25) is 37.3 Å². The standard InChI is InChI=1S/C68H132O17P2/c1-58(2)44-36-28-20-14-12-10-9-11-13-15-24-32-40-48-65(70)78-54-64(85-68(73)51-43-35-27-19-23-31-39-47-61(7)8)57-83-87(76,77)81-53-62(69)52-80-86(74,75)82-56-63(55-79-66(71)49-41-33-26-18-22-30-38-46-60(5)6)84-67(72)50-42-34-25-17-16-21-29-37-45-59(3)4/h58-64,69H,9-57H2,1-8H3,(H,74,75)(H,76,77)/t62?,63-,64-/m1/s1. The highest BCUT2D eigenvalue weighted by atomic mass is 31.2. The van der Waals surface area contributed by atoms with Crippen LogP contribution in [0.15, 0.2) is 0 Å². The van der Waals surface area contributed by atoms with Crippen molar-refractivity contribution in [3.63, 3.8) is 0 Å². The number of aliphatic hydroxyl groups excluding tert-OH is 1. The van der Waals surface area contributed by atoms with E-state index < -0.39 is 97.5 Å². The highest BCUT2D eigenvalue weighted by molar-refractivity contribution is 7.47. The lowest BCUT2D eigenvalue weighted by atomic mass is 10.0. The molecule has 0 aliphatic rings. The Hall–Kier alpha value is -1.94. The summed E-state index contributed by atoms with van der Waals surface area (Å²) in [5, 5.41) is 10.6. The second-order valence-electron chi connectivity index (χ2n) is 26.5. The summed E-state index contributed by atoms with van der Waals surface area (Å²) in [4.78, 5) is 72.4. The van der Waals surface area contributed by atoms with E-state index in [1.54, 1.807) is 0 Å². The number of esters is 4. The topological polar surface area (TPSA) is 237 Å². The first-order chi connectivity index (χ1) is 41.6. The van der Waals surface area contributed by atoms with Gasteiger partial charge in [0, 0.05) is 25.7 Å². The van der Waals surface area contributed by atoms with Crippen LogP contribution >= 0.6 is 15.6 Å². The summed E-state index contributed by atoms with van der Waals surface area (Å²) in [6.45, 7) is 14.0. The first kappa shape index (κ1) is 85.1. The van der Waals surface area contributed by atoms with Crippen LogP contribution in [0.1, 0.15) is 331 Å². The molecule has 19 heteroatoms. The number of hydrogen-bond donors (Lipinski definition) is 3. The molecule has 17 nitrogen and oxygen atoms in total. The quantitative estimate of drug-likeness (QED) is 0.0222. The number of carbonyl (C=O) groups is 4. The summed E-state index contributed by atoms with van der Waals surface area (Å²) >= 11 is 0. The normalized spacial score (nSPS) is 14.3. The van der Waals surface area contributed by atoms with Gasteiger partial charge in [0.15, 0.2) is 12.2 Å². The van der Waals surface area contributed by atoms with Gasteiger partial charge < -0.3 is 33.8 Å². The van der Waals surface area contributed by atoms with Crippen molar-refractivity contribution in [3.05, 3.63) is 0 Å². The second-order valence-corrected chi connectivity index (χ2v) is 29.4. The summed E-state index contributed by atoms with van der Waals surface area (Å²) in [5.41, 5.74) is 0. The van der Waals surface area contributed by atoms with E-state index in [0.29, 0.717) is 37.5 Å². The first-order valence-electron chi connectivity index (χ1n) is 35.2. The van der Waals surface area contributed by atoms with E-state index in [-0.39, 0.29) is 25.7 Å². The van der Waals surface area contributed by atoms with Crippen molar-refractivity contribution in [2.24, 2.45) is 23.7 Å². The molecule has 0 aliphatic heterocycles. The largest absolute Gasteiger partial charge is 0.472 e. The molecule has 0 fully saturated rings. The third-order valence-corrected chi connectivity index (χ3v) is 17.5. The Bertz CT molecular complexity index is 1730. The van der Waals surface area contributed by atoms with Crippen LogP contribution in [0.3, 0.4) is 0 Å². The van der Waals surface area contributed by atoms with Crippen molar-refractivity contribution < 1.29 is 80.2 Å². The average molecular weight is 1280 g/mol. The van der Waals surface area contributed by atoms with Crippen molar-refractivity contribution in [3.8, 4) is 0 Å². The zero-order chi connectivity index (χ0) is 64.7. The Kier molecular flexibility index (Phi) is 56.6. The molecule has 0 aromatic carbocycles. The van der Waals surface area contributed by atoms with Gasteiger partial charge in [-0.05, 0) is 49.4 Å². The van der Waals surface area contributed by atoms with E-state index in [1.165, 1.54) is 128 Å². The summed E-state index contributed by atoms with van der Waals surface area (Å²) in [6, 6.07) is 0. The zero-order valence-electron chi connectivity index (χ0n) is 56.6. The Balaban J connectivity index is 5.21. The van der Waals surface area contributed by atoms with Crippen LogP contribution in [0.25, 0.3) is 0 Å². The summed E-state index contributed by atoms with van der Waals surface area (Å²) < 4.78 is 68.1. The van der Waals surface area contributed by atoms with Gasteiger partial charge in [-0.15, -0.1) is 0 Å². The third-order valence-electron chi connectivity index (χ3n) is 15.6. The molecule has 3 unspecified atom stereocenters. The van der Waals surface area contributed by atoms with Gasteiger partial charge in [0.1, 0.15) is 19.3 Å². The van der Waals surface area contributed by atoms with Crippen LogP contribution in [-0.2, 0) is 65.4 Å². The fourth-order valence-electron chi connectivity index (χ4n) is 10.1. The summed E-state index contributed by atoms with van der Waals surface area (Å²) in [7, 11) is -9.90. The minimum Gasteiger partial charge on any atom is -0.462 e. The van der Waals surface area contributed by atoms with E-state index in [4.69, 9.17) is 37.0 Å². The Morgan fingerprint density at radius 1 is 0.287 bits per heavy atom. The number of rotatable bonds is 65. The molecule has 87 heavy (non-hydrogen) atoms. The third kappa shape index (κ3) is 62.6. The van der Waals surface area contributed by atoms with Gasteiger partial charge in [0.25, 0.3) is 0 Å². The molecular formula is C68H132O17P2. The Morgan fingerprint density at radius 3 is 0.713 bits per heavy atom. The Labute approximate surface area is 530 Å². The molecule has 0 aromatic rings. The molecule has 0 saturated heterocycles. The van der Waals surface area contributed by atoms with Crippen LogP contribution in [0.4, 0.5) is 0 Å².